The van der Waals surface area contributed by atoms with E-state index in [-0.39, 0.29) is 0 Å². The van der Waals surface area contributed by atoms with Crippen LogP contribution in [-0.2, 0) is 24.5 Å². The molecule has 0 N–H and O–H groups in total. The van der Waals surface area contributed by atoms with E-state index in [0.29, 0.717) is 31.3 Å². The van der Waals surface area contributed by atoms with Crippen molar-refractivity contribution in [1.82, 2.24) is 19.7 Å². The van der Waals surface area contributed by atoms with Gasteiger partial charge in [0, 0.05) is 24.7 Å². The fourth-order valence-electron chi connectivity index (χ4n) is 5.33. The zero-order valence-corrected chi connectivity index (χ0v) is 17.7. The summed E-state index contributed by atoms with van der Waals surface area (Å²) in [5.74, 6) is 1.97. The minimum atomic E-state index is 0.472. The first-order valence-corrected chi connectivity index (χ1v) is 11.1. The van der Waals surface area contributed by atoms with Crippen LogP contribution in [0.5, 0.6) is 0 Å². The molecule has 5 rings (SSSR count). The number of nitrogens with zero attached hydrogens (tertiary/aromatic N) is 4. The highest BCUT2D eigenvalue weighted by molar-refractivity contribution is 5.16. The van der Waals surface area contributed by atoms with E-state index in [4.69, 9.17) is 4.74 Å². The summed E-state index contributed by atoms with van der Waals surface area (Å²) in [5, 5.41) is 8.85. The lowest BCUT2D eigenvalue weighted by Gasteiger charge is -2.40. The van der Waals surface area contributed by atoms with Crippen LogP contribution < -0.4 is 0 Å². The summed E-state index contributed by atoms with van der Waals surface area (Å²) in [5.41, 5.74) is 2.61. The Labute approximate surface area is 178 Å². The SMILES string of the molecule is Cc1nnc(COCc2ccccc2)n1C1C[C@H]2CC[C@@H](C1)N2Cc1ccccc1. The fraction of sp³-hybridized carbons (Fsp3) is 0.440. The van der Waals surface area contributed by atoms with Crippen molar-refractivity contribution in [1.29, 1.82) is 0 Å². The molecule has 1 unspecified atom stereocenters. The van der Waals surface area contributed by atoms with E-state index in [0.717, 1.165) is 18.2 Å². The molecule has 2 aliphatic rings. The molecular weight excluding hydrogens is 372 g/mol. The van der Waals surface area contributed by atoms with Crippen molar-refractivity contribution in [2.75, 3.05) is 0 Å². The molecule has 2 aliphatic heterocycles. The standard InChI is InChI=1S/C25H30N4O/c1-19-26-27-25(18-30-17-21-10-6-3-7-11-21)29(19)24-14-22-12-13-23(15-24)28(22)16-20-8-4-2-5-9-20/h2-11,22-24H,12-18H2,1H3/t22-,23+,24?. The average Bonchev–Trinajstić information content (AvgIpc) is 3.24. The van der Waals surface area contributed by atoms with Crippen molar-refractivity contribution in [3.05, 3.63) is 83.4 Å². The average molecular weight is 403 g/mol. The lowest BCUT2D eigenvalue weighted by Crippen LogP contribution is -2.43. The molecule has 2 fully saturated rings. The Bertz CT molecular complexity index is 942. The first-order valence-electron chi connectivity index (χ1n) is 11.1. The number of fused-ring (bicyclic) bond motifs is 2. The van der Waals surface area contributed by atoms with Crippen molar-refractivity contribution >= 4 is 0 Å². The van der Waals surface area contributed by atoms with Crippen molar-refractivity contribution in [2.45, 2.75) is 70.5 Å². The van der Waals surface area contributed by atoms with Gasteiger partial charge in [-0.1, -0.05) is 60.7 Å². The molecule has 2 aromatic carbocycles. The molecule has 5 heteroatoms. The summed E-state index contributed by atoms with van der Waals surface area (Å²) < 4.78 is 8.34. The van der Waals surface area contributed by atoms with Crippen LogP contribution in [0.25, 0.3) is 0 Å². The first kappa shape index (κ1) is 19.5. The van der Waals surface area contributed by atoms with Crippen LogP contribution in [-0.4, -0.2) is 31.7 Å². The zero-order valence-electron chi connectivity index (χ0n) is 17.7. The van der Waals surface area contributed by atoms with Crippen molar-refractivity contribution in [2.24, 2.45) is 0 Å². The van der Waals surface area contributed by atoms with Crippen LogP contribution in [0, 0.1) is 6.92 Å². The van der Waals surface area contributed by atoms with Gasteiger partial charge in [0.25, 0.3) is 0 Å². The molecule has 1 aromatic heterocycles. The third kappa shape index (κ3) is 4.05. The number of aryl methyl sites for hydroxylation is 1. The van der Waals surface area contributed by atoms with Crippen LogP contribution >= 0.6 is 0 Å². The number of hydrogen-bond donors (Lipinski definition) is 0. The molecule has 0 aliphatic carbocycles. The van der Waals surface area contributed by atoms with Crippen LogP contribution in [0.15, 0.2) is 60.7 Å². The first-order chi connectivity index (χ1) is 14.8. The largest absolute Gasteiger partial charge is 0.369 e. The highest BCUT2D eigenvalue weighted by Gasteiger charge is 2.41. The quantitative estimate of drug-likeness (QED) is 0.576. The maximum Gasteiger partial charge on any atom is 0.159 e. The normalized spacial score (nSPS) is 23.7. The molecule has 3 atom stereocenters. The van der Waals surface area contributed by atoms with Crippen molar-refractivity contribution < 1.29 is 4.74 Å². The van der Waals surface area contributed by atoms with E-state index in [2.05, 4.69) is 69.1 Å². The molecular formula is C25H30N4O. The molecule has 0 saturated carbocycles. The van der Waals surface area contributed by atoms with E-state index >= 15 is 0 Å². The molecule has 3 aromatic rings. The highest BCUT2D eigenvalue weighted by Crippen LogP contribution is 2.42. The predicted molar refractivity (Wildman–Crippen MR) is 117 cm³/mol. The van der Waals surface area contributed by atoms with Gasteiger partial charge >= 0.3 is 0 Å². The molecule has 0 amide bonds. The minimum absolute atomic E-state index is 0.472. The molecule has 2 saturated heterocycles. The molecule has 30 heavy (non-hydrogen) atoms. The van der Waals surface area contributed by atoms with Crippen LogP contribution in [0.3, 0.4) is 0 Å². The third-order valence-electron chi connectivity index (χ3n) is 6.71. The Morgan fingerprint density at radius 3 is 2.10 bits per heavy atom. The maximum absolute atomic E-state index is 5.99. The molecule has 5 nitrogen and oxygen atoms in total. The second-order valence-corrected chi connectivity index (χ2v) is 8.68. The topological polar surface area (TPSA) is 43.2 Å². The lowest BCUT2D eigenvalue weighted by molar-refractivity contribution is 0.0813. The molecule has 3 heterocycles. The van der Waals surface area contributed by atoms with Gasteiger partial charge in [0.15, 0.2) is 5.82 Å². The maximum atomic E-state index is 5.99. The summed E-state index contributed by atoms with van der Waals surface area (Å²) >= 11 is 0. The predicted octanol–water partition coefficient (Wildman–Crippen LogP) is 4.67. The minimum Gasteiger partial charge on any atom is -0.369 e. The van der Waals surface area contributed by atoms with Gasteiger partial charge in [-0.25, -0.2) is 0 Å². The lowest BCUT2D eigenvalue weighted by atomic mass is 9.96. The monoisotopic (exact) mass is 402 g/mol. The van der Waals surface area contributed by atoms with Gasteiger partial charge in [0.2, 0.25) is 0 Å². The number of ether oxygens (including phenoxy) is 1. The Balaban J connectivity index is 1.25. The van der Waals surface area contributed by atoms with Gasteiger partial charge in [0.1, 0.15) is 12.4 Å². The van der Waals surface area contributed by atoms with Crippen LogP contribution in [0.1, 0.15) is 54.5 Å². The summed E-state index contributed by atoms with van der Waals surface area (Å²) in [6, 6.07) is 23.0. The van der Waals surface area contributed by atoms with Gasteiger partial charge < -0.3 is 9.30 Å². The zero-order chi connectivity index (χ0) is 20.3. The fourth-order valence-corrected chi connectivity index (χ4v) is 5.33. The number of hydrogen-bond acceptors (Lipinski definition) is 4. The summed E-state index contributed by atoms with van der Waals surface area (Å²) in [6.07, 6.45) is 4.95. The van der Waals surface area contributed by atoms with E-state index in [9.17, 15) is 0 Å². The van der Waals surface area contributed by atoms with Crippen molar-refractivity contribution in [3.63, 3.8) is 0 Å². The second kappa shape index (κ2) is 8.70. The highest BCUT2D eigenvalue weighted by atomic mass is 16.5. The number of rotatable bonds is 7. The Morgan fingerprint density at radius 2 is 1.43 bits per heavy atom. The Morgan fingerprint density at radius 1 is 0.800 bits per heavy atom. The van der Waals surface area contributed by atoms with E-state index in [1.807, 2.05) is 18.2 Å². The Kier molecular flexibility index (Phi) is 5.65. The van der Waals surface area contributed by atoms with E-state index < -0.39 is 0 Å². The molecule has 2 bridgehead atoms. The Hall–Kier alpha value is -2.50. The number of piperidine rings is 1. The van der Waals surface area contributed by atoms with Crippen molar-refractivity contribution in [3.8, 4) is 0 Å². The van der Waals surface area contributed by atoms with Gasteiger partial charge in [-0.15, -0.1) is 10.2 Å². The van der Waals surface area contributed by atoms with Gasteiger partial charge in [-0.2, -0.15) is 0 Å². The number of aromatic nitrogens is 3. The van der Waals surface area contributed by atoms with Gasteiger partial charge in [0.05, 0.1) is 6.61 Å². The summed E-state index contributed by atoms with van der Waals surface area (Å²) in [6.45, 7) is 4.26. The second-order valence-electron chi connectivity index (χ2n) is 8.68. The molecule has 0 spiro atoms. The summed E-state index contributed by atoms with van der Waals surface area (Å²) in [7, 11) is 0. The van der Waals surface area contributed by atoms with Crippen LogP contribution in [0.2, 0.25) is 0 Å². The smallest absolute Gasteiger partial charge is 0.159 e. The van der Waals surface area contributed by atoms with E-state index in [1.165, 1.54) is 36.8 Å². The van der Waals surface area contributed by atoms with E-state index in [1.54, 1.807) is 0 Å². The molecule has 0 radical (unpaired) electrons. The third-order valence-corrected chi connectivity index (χ3v) is 6.71. The number of benzene rings is 2. The van der Waals surface area contributed by atoms with Gasteiger partial charge in [-0.05, 0) is 43.7 Å². The van der Waals surface area contributed by atoms with Gasteiger partial charge in [-0.3, -0.25) is 4.90 Å². The summed E-state index contributed by atoms with van der Waals surface area (Å²) in [4.78, 5) is 2.73. The van der Waals surface area contributed by atoms with Crippen LogP contribution in [0.4, 0.5) is 0 Å². The molecule has 156 valence electrons.